The summed E-state index contributed by atoms with van der Waals surface area (Å²) in [5.74, 6) is 1.37. The number of fused-ring (bicyclic) bond motifs is 2. The van der Waals surface area contributed by atoms with Crippen molar-refractivity contribution in [2.45, 2.75) is 45.4 Å². The molecule has 2 atom stereocenters. The first-order chi connectivity index (χ1) is 10.7. The molecule has 1 saturated heterocycles. The molecule has 2 unspecified atom stereocenters. The Morgan fingerprint density at radius 3 is 2.86 bits per heavy atom. The number of allylic oxidation sites excluding steroid dienone is 1. The van der Waals surface area contributed by atoms with E-state index in [0.717, 1.165) is 49.3 Å². The minimum atomic E-state index is -0.127. The van der Waals surface area contributed by atoms with Crippen LogP contribution in [-0.4, -0.2) is 41.3 Å². The molecule has 4 rings (SSSR count). The minimum absolute atomic E-state index is 0.0315. The van der Waals surface area contributed by atoms with E-state index in [1.165, 1.54) is 36.2 Å². The normalized spacial score (nSPS) is 32.5. The lowest BCUT2D eigenvalue weighted by Gasteiger charge is -2.27. The number of aliphatic imine (C=N–C) groups is 2. The van der Waals surface area contributed by atoms with E-state index in [-0.39, 0.29) is 11.8 Å². The number of piperidine rings is 1. The highest BCUT2D eigenvalue weighted by Gasteiger charge is 2.41. The second kappa shape index (κ2) is 5.93. The number of hydrogen-bond donors (Lipinski definition) is 0. The average molecular weight is 317 g/mol. The molecule has 118 valence electrons. The maximum Gasteiger partial charge on any atom is 0.261 e. The van der Waals surface area contributed by atoms with Crippen LogP contribution in [0.5, 0.6) is 0 Å². The standard InChI is InChI=1S/C17H23N3OS/c1-11-5-6-12-13(9-11)22-17-15(12)16(21)18-14(19-17)10-20-7-3-2-4-8-20/h11,15H,2-10H2,1H3. The van der Waals surface area contributed by atoms with Crippen LogP contribution in [0, 0.1) is 11.8 Å². The van der Waals surface area contributed by atoms with E-state index >= 15 is 0 Å². The summed E-state index contributed by atoms with van der Waals surface area (Å²) in [6.45, 7) is 5.26. The van der Waals surface area contributed by atoms with Gasteiger partial charge in [-0.25, -0.2) is 4.99 Å². The van der Waals surface area contributed by atoms with E-state index in [1.807, 2.05) is 0 Å². The quantitative estimate of drug-likeness (QED) is 0.785. The molecular weight excluding hydrogens is 294 g/mol. The van der Waals surface area contributed by atoms with Crippen LogP contribution >= 0.6 is 11.8 Å². The number of hydrogen-bond acceptors (Lipinski definition) is 4. The van der Waals surface area contributed by atoms with E-state index in [4.69, 9.17) is 4.99 Å². The SMILES string of the molecule is CC1CCC2=C(C1)SC1=NC(CN3CCCCC3)=NC(=O)C12. The van der Waals surface area contributed by atoms with Crippen molar-refractivity contribution in [3.05, 3.63) is 10.5 Å². The predicted molar refractivity (Wildman–Crippen MR) is 91.3 cm³/mol. The van der Waals surface area contributed by atoms with Crippen molar-refractivity contribution in [2.24, 2.45) is 21.8 Å². The Morgan fingerprint density at radius 1 is 1.23 bits per heavy atom. The maximum atomic E-state index is 12.5. The molecule has 1 amide bonds. The highest BCUT2D eigenvalue weighted by molar-refractivity contribution is 8.17. The highest BCUT2D eigenvalue weighted by atomic mass is 32.2. The van der Waals surface area contributed by atoms with E-state index in [9.17, 15) is 4.79 Å². The Morgan fingerprint density at radius 2 is 2.05 bits per heavy atom. The Balaban J connectivity index is 1.51. The van der Waals surface area contributed by atoms with Gasteiger partial charge < -0.3 is 0 Å². The monoisotopic (exact) mass is 317 g/mol. The molecular formula is C17H23N3OS. The predicted octanol–water partition coefficient (Wildman–Crippen LogP) is 3.25. The van der Waals surface area contributed by atoms with Gasteiger partial charge in [0, 0.05) is 0 Å². The van der Waals surface area contributed by atoms with Crippen molar-refractivity contribution >= 4 is 28.5 Å². The van der Waals surface area contributed by atoms with E-state index in [0.29, 0.717) is 0 Å². The van der Waals surface area contributed by atoms with Gasteiger partial charge in [0.1, 0.15) is 11.8 Å². The summed E-state index contributed by atoms with van der Waals surface area (Å²) >= 11 is 1.76. The summed E-state index contributed by atoms with van der Waals surface area (Å²) in [7, 11) is 0. The van der Waals surface area contributed by atoms with E-state index in [2.05, 4.69) is 16.8 Å². The minimum Gasteiger partial charge on any atom is -0.296 e. The molecule has 0 radical (unpaired) electrons. The number of rotatable bonds is 2. The van der Waals surface area contributed by atoms with Gasteiger partial charge in [0.15, 0.2) is 0 Å². The van der Waals surface area contributed by atoms with Gasteiger partial charge in [-0.2, -0.15) is 4.99 Å². The van der Waals surface area contributed by atoms with Crippen LogP contribution in [0.15, 0.2) is 20.5 Å². The molecule has 0 aromatic heterocycles. The van der Waals surface area contributed by atoms with E-state index < -0.39 is 0 Å². The second-order valence-electron chi connectivity index (χ2n) is 6.98. The number of likely N-dealkylation sites (tertiary alicyclic amines) is 1. The van der Waals surface area contributed by atoms with Gasteiger partial charge in [-0.15, -0.1) is 0 Å². The summed E-state index contributed by atoms with van der Waals surface area (Å²) in [5.41, 5.74) is 1.33. The van der Waals surface area contributed by atoms with Crippen molar-refractivity contribution in [1.82, 2.24) is 4.90 Å². The van der Waals surface area contributed by atoms with Gasteiger partial charge in [0.25, 0.3) is 5.91 Å². The molecule has 3 aliphatic heterocycles. The fourth-order valence-electron chi connectivity index (χ4n) is 3.91. The van der Waals surface area contributed by atoms with Gasteiger partial charge in [-0.1, -0.05) is 25.1 Å². The summed E-state index contributed by atoms with van der Waals surface area (Å²) < 4.78 is 0. The Hall–Kier alpha value is -0.940. The molecule has 22 heavy (non-hydrogen) atoms. The second-order valence-corrected chi connectivity index (χ2v) is 8.10. The van der Waals surface area contributed by atoms with Crippen LogP contribution in [0.1, 0.15) is 45.4 Å². The fraction of sp³-hybridized carbons (Fsp3) is 0.706. The van der Waals surface area contributed by atoms with E-state index in [1.54, 1.807) is 11.8 Å². The van der Waals surface area contributed by atoms with Gasteiger partial charge in [0.05, 0.1) is 11.6 Å². The zero-order chi connectivity index (χ0) is 15.1. The van der Waals surface area contributed by atoms with Crippen molar-refractivity contribution in [2.75, 3.05) is 19.6 Å². The third kappa shape index (κ3) is 2.69. The summed E-state index contributed by atoms with van der Waals surface area (Å²) in [5, 5.41) is 1.01. The van der Waals surface area contributed by atoms with Crippen molar-refractivity contribution in [3.63, 3.8) is 0 Å². The van der Waals surface area contributed by atoms with Crippen LogP contribution in [0.2, 0.25) is 0 Å². The smallest absolute Gasteiger partial charge is 0.261 e. The summed E-state index contributed by atoms with van der Waals surface area (Å²) in [6.07, 6.45) is 7.19. The van der Waals surface area contributed by atoms with Gasteiger partial charge >= 0.3 is 0 Å². The largest absolute Gasteiger partial charge is 0.296 e. The molecule has 0 saturated carbocycles. The zero-order valence-corrected chi connectivity index (χ0v) is 14.0. The molecule has 1 fully saturated rings. The molecule has 0 bridgehead atoms. The first-order valence-corrected chi connectivity index (χ1v) is 9.34. The number of thioether (sulfide) groups is 1. The molecule has 0 aromatic carbocycles. The zero-order valence-electron chi connectivity index (χ0n) is 13.2. The number of carbonyl (C=O) groups is 1. The maximum absolute atomic E-state index is 12.5. The molecule has 5 heteroatoms. The molecule has 4 aliphatic rings. The van der Waals surface area contributed by atoms with Crippen molar-refractivity contribution in [3.8, 4) is 0 Å². The number of amides is 1. The summed E-state index contributed by atoms with van der Waals surface area (Å²) in [4.78, 5) is 25.4. The van der Waals surface area contributed by atoms with Gasteiger partial charge in [-0.3, -0.25) is 9.69 Å². The number of amidine groups is 1. The van der Waals surface area contributed by atoms with Crippen LogP contribution in [-0.2, 0) is 4.79 Å². The first-order valence-electron chi connectivity index (χ1n) is 8.53. The van der Waals surface area contributed by atoms with Crippen molar-refractivity contribution in [1.29, 1.82) is 0 Å². The third-order valence-corrected chi connectivity index (χ3v) is 6.37. The fourth-order valence-corrected chi connectivity index (χ4v) is 5.40. The van der Waals surface area contributed by atoms with Crippen molar-refractivity contribution < 1.29 is 4.79 Å². The van der Waals surface area contributed by atoms with Gasteiger partial charge in [-0.05, 0) is 61.6 Å². The Bertz CT molecular complexity index is 587. The van der Waals surface area contributed by atoms with Gasteiger partial charge in [0.2, 0.25) is 0 Å². The molecule has 3 heterocycles. The molecule has 1 aliphatic carbocycles. The number of nitrogens with zero attached hydrogens (tertiary/aromatic N) is 3. The van der Waals surface area contributed by atoms with Crippen LogP contribution in [0.3, 0.4) is 0 Å². The Kier molecular flexibility index (Phi) is 3.95. The Labute approximate surface area is 136 Å². The van der Waals surface area contributed by atoms with Crippen LogP contribution < -0.4 is 0 Å². The lowest BCUT2D eigenvalue weighted by Crippen LogP contribution is -2.36. The number of carbonyl (C=O) groups excluding carboxylic acids is 1. The highest BCUT2D eigenvalue weighted by Crippen LogP contribution is 2.48. The lowest BCUT2D eigenvalue weighted by molar-refractivity contribution is -0.118. The van der Waals surface area contributed by atoms with Crippen LogP contribution in [0.4, 0.5) is 0 Å². The summed E-state index contributed by atoms with van der Waals surface area (Å²) in [6, 6.07) is 0. The molecule has 4 nitrogen and oxygen atoms in total. The van der Waals surface area contributed by atoms with Crippen LogP contribution in [0.25, 0.3) is 0 Å². The average Bonchev–Trinajstić information content (AvgIpc) is 2.85. The third-order valence-electron chi connectivity index (χ3n) is 5.16. The topological polar surface area (TPSA) is 45.0 Å². The molecule has 0 aromatic rings. The lowest BCUT2D eigenvalue weighted by atomic mass is 9.84. The molecule has 0 spiro atoms. The molecule has 0 N–H and O–H groups in total. The first kappa shape index (κ1) is 14.6.